The standard InChI is InChI=1S/C22H25N3O4S/c26-21(18-9-10-18)23-20-8-4-7-19(15-20)22(27)24-11-13-25(14-12-24)30(28,29)16-17-5-2-1-3-6-17/h1-8,15,18H,9-14,16H2,(H,23,26). The number of hydrogen-bond donors (Lipinski definition) is 1. The predicted molar refractivity (Wildman–Crippen MR) is 114 cm³/mol. The van der Waals surface area contributed by atoms with Crippen LogP contribution >= 0.6 is 0 Å². The summed E-state index contributed by atoms with van der Waals surface area (Å²) in [6.45, 7) is 1.23. The molecule has 1 N–H and O–H groups in total. The fourth-order valence-electron chi connectivity index (χ4n) is 3.55. The van der Waals surface area contributed by atoms with Crippen molar-refractivity contribution in [1.29, 1.82) is 0 Å². The van der Waals surface area contributed by atoms with Gasteiger partial charge in [-0.2, -0.15) is 4.31 Å². The largest absolute Gasteiger partial charge is 0.336 e. The maximum atomic E-state index is 12.9. The van der Waals surface area contributed by atoms with Crippen LogP contribution in [0.4, 0.5) is 5.69 Å². The molecule has 2 aromatic rings. The van der Waals surface area contributed by atoms with Gasteiger partial charge in [-0.3, -0.25) is 9.59 Å². The van der Waals surface area contributed by atoms with Gasteiger partial charge in [-0.15, -0.1) is 0 Å². The molecule has 1 heterocycles. The molecule has 7 nitrogen and oxygen atoms in total. The third-order valence-corrected chi connectivity index (χ3v) is 7.29. The first-order valence-electron chi connectivity index (χ1n) is 10.1. The first-order chi connectivity index (χ1) is 14.4. The number of piperazine rings is 1. The Kier molecular flexibility index (Phi) is 5.87. The third-order valence-electron chi connectivity index (χ3n) is 5.44. The van der Waals surface area contributed by atoms with Crippen molar-refractivity contribution in [1.82, 2.24) is 9.21 Å². The average Bonchev–Trinajstić information content (AvgIpc) is 3.59. The fraction of sp³-hybridized carbons (Fsp3) is 0.364. The Hall–Kier alpha value is -2.71. The number of nitrogens with one attached hydrogen (secondary N) is 1. The lowest BCUT2D eigenvalue weighted by atomic mass is 10.1. The van der Waals surface area contributed by atoms with E-state index in [0.29, 0.717) is 24.3 Å². The van der Waals surface area contributed by atoms with Gasteiger partial charge in [0.25, 0.3) is 5.91 Å². The highest BCUT2D eigenvalue weighted by Gasteiger charge is 2.31. The van der Waals surface area contributed by atoms with E-state index in [0.717, 1.165) is 18.4 Å². The summed E-state index contributed by atoms with van der Waals surface area (Å²) in [7, 11) is -3.42. The molecule has 0 aromatic heterocycles. The van der Waals surface area contributed by atoms with Gasteiger partial charge in [0, 0.05) is 43.3 Å². The van der Waals surface area contributed by atoms with Crippen molar-refractivity contribution >= 4 is 27.5 Å². The van der Waals surface area contributed by atoms with Gasteiger partial charge in [0.05, 0.1) is 5.75 Å². The number of anilines is 1. The molecule has 2 fully saturated rings. The van der Waals surface area contributed by atoms with Crippen molar-refractivity contribution in [2.24, 2.45) is 5.92 Å². The fourth-order valence-corrected chi connectivity index (χ4v) is 5.06. The second-order valence-electron chi connectivity index (χ2n) is 7.78. The molecule has 30 heavy (non-hydrogen) atoms. The number of carbonyl (C=O) groups is 2. The van der Waals surface area contributed by atoms with Gasteiger partial charge >= 0.3 is 0 Å². The Morgan fingerprint density at radius 2 is 1.63 bits per heavy atom. The van der Waals surface area contributed by atoms with E-state index in [1.54, 1.807) is 41.3 Å². The minimum absolute atomic E-state index is 0.00293. The van der Waals surface area contributed by atoms with E-state index in [9.17, 15) is 18.0 Å². The van der Waals surface area contributed by atoms with Gasteiger partial charge in [-0.05, 0) is 36.6 Å². The maximum absolute atomic E-state index is 12.9. The third kappa shape index (κ3) is 4.88. The van der Waals surface area contributed by atoms with E-state index in [-0.39, 0.29) is 36.6 Å². The molecule has 0 bridgehead atoms. The SMILES string of the molecule is O=C(Nc1cccc(C(=O)N2CCN(S(=O)(=O)Cc3ccccc3)CC2)c1)C1CC1. The Morgan fingerprint density at radius 1 is 0.933 bits per heavy atom. The molecule has 0 radical (unpaired) electrons. The van der Waals surface area contributed by atoms with Gasteiger partial charge in [-0.25, -0.2) is 8.42 Å². The molecular weight excluding hydrogens is 402 g/mol. The highest BCUT2D eigenvalue weighted by Crippen LogP contribution is 2.30. The molecule has 1 saturated heterocycles. The van der Waals surface area contributed by atoms with Crippen LogP contribution in [-0.2, 0) is 20.6 Å². The number of carbonyl (C=O) groups excluding carboxylic acids is 2. The molecule has 0 unspecified atom stereocenters. The van der Waals surface area contributed by atoms with Crippen molar-refractivity contribution in [3.63, 3.8) is 0 Å². The van der Waals surface area contributed by atoms with E-state index in [1.807, 2.05) is 18.2 Å². The van der Waals surface area contributed by atoms with Crippen LogP contribution in [0.5, 0.6) is 0 Å². The molecule has 1 aliphatic carbocycles. The molecular formula is C22H25N3O4S. The Balaban J connectivity index is 1.35. The highest BCUT2D eigenvalue weighted by molar-refractivity contribution is 7.88. The lowest BCUT2D eigenvalue weighted by Gasteiger charge is -2.34. The zero-order chi connectivity index (χ0) is 21.1. The summed E-state index contributed by atoms with van der Waals surface area (Å²) in [6, 6.07) is 16.0. The number of rotatable bonds is 6. The van der Waals surface area contributed by atoms with E-state index < -0.39 is 10.0 Å². The van der Waals surface area contributed by atoms with Crippen LogP contribution in [-0.4, -0.2) is 55.6 Å². The van der Waals surface area contributed by atoms with Gasteiger partial charge in [0.15, 0.2) is 0 Å². The topological polar surface area (TPSA) is 86.8 Å². The van der Waals surface area contributed by atoms with Crippen molar-refractivity contribution in [2.45, 2.75) is 18.6 Å². The summed E-state index contributed by atoms with van der Waals surface area (Å²) in [4.78, 5) is 26.5. The Bertz CT molecular complexity index is 1030. The van der Waals surface area contributed by atoms with Gasteiger partial charge < -0.3 is 10.2 Å². The maximum Gasteiger partial charge on any atom is 0.254 e. The number of benzene rings is 2. The van der Waals surface area contributed by atoms with Crippen LogP contribution in [0, 0.1) is 5.92 Å². The summed E-state index contributed by atoms with van der Waals surface area (Å²) in [5.74, 6) is -0.102. The monoisotopic (exact) mass is 427 g/mol. The second-order valence-corrected chi connectivity index (χ2v) is 9.75. The molecule has 2 aliphatic rings. The Labute approximate surface area is 176 Å². The van der Waals surface area contributed by atoms with Crippen LogP contribution in [0.1, 0.15) is 28.8 Å². The molecule has 8 heteroatoms. The number of nitrogens with zero attached hydrogens (tertiary/aromatic N) is 2. The molecule has 2 amide bonds. The predicted octanol–water partition coefficient (Wildman–Crippen LogP) is 2.32. The van der Waals surface area contributed by atoms with Gasteiger partial charge in [0.1, 0.15) is 0 Å². The van der Waals surface area contributed by atoms with E-state index >= 15 is 0 Å². The van der Waals surface area contributed by atoms with Crippen LogP contribution in [0.15, 0.2) is 54.6 Å². The van der Waals surface area contributed by atoms with Crippen molar-refractivity contribution < 1.29 is 18.0 Å². The Morgan fingerprint density at radius 3 is 2.30 bits per heavy atom. The number of sulfonamides is 1. The molecule has 1 aliphatic heterocycles. The van der Waals surface area contributed by atoms with Crippen LogP contribution in [0.3, 0.4) is 0 Å². The lowest BCUT2D eigenvalue weighted by molar-refractivity contribution is -0.117. The normalized spacial score (nSPS) is 17.5. The minimum atomic E-state index is -3.42. The molecule has 0 atom stereocenters. The zero-order valence-corrected chi connectivity index (χ0v) is 17.5. The second kappa shape index (κ2) is 8.57. The molecule has 158 valence electrons. The van der Waals surface area contributed by atoms with Crippen LogP contribution < -0.4 is 5.32 Å². The van der Waals surface area contributed by atoms with E-state index in [1.165, 1.54) is 4.31 Å². The number of amides is 2. The zero-order valence-electron chi connectivity index (χ0n) is 16.7. The molecule has 4 rings (SSSR count). The number of hydrogen-bond acceptors (Lipinski definition) is 4. The summed E-state index contributed by atoms with van der Waals surface area (Å²) < 4.78 is 26.8. The van der Waals surface area contributed by atoms with Crippen LogP contribution in [0.2, 0.25) is 0 Å². The molecule has 2 aromatic carbocycles. The summed E-state index contributed by atoms with van der Waals surface area (Å²) >= 11 is 0. The minimum Gasteiger partial charge on any atom is -0.336 e. The average molecular weight is 428 g/mol. The lowest BCUT2D eigenvalue weighted by Crippen LogP contribution is -2.50. The highest BCUT2D eigenvalue weighted by atomic mass is 32.2. The molecule has 0 spiro atoms. The molecule has 1 saturated carbocycles. The first kappa shape index (κ1) is 20.6. The van der Waals surface area contributed by atoms with Crippen molar-refractivity contribution in [2.75, 3.05) is 31.5 Å². The van der Waals surface area contributed by atoms with Gasteiger partial charge in [0.2, 0.25) is 15.9 Å². The van der Waals surface area contributed by atoms with Gasteiger partial charge in [-0.1, -0.05) is 36.4 Å². The first-order valence-corrected chi connectivity index (χ1v) is 11.8. The summed E-state index contributed by atoms with van der Waals surface area (Å²) in [5.41, 5.74) is 1.85. The quantitative estimate of drug-likeness (QED) is 0.767. The summed E-state index contributed by atoms with van der Waals surface area (Å²) in [6.07, 6.45) is 1.84. The smallest absolute Gasteiger partial charge is 0.254 e. The summed E-state index contributed by atoms with van der Waals surface area (Å²) in [5, 5.41) is 2.85. The van der Waals surface area contributed by atoms with E-state index in [2.05, 4.69) is 5.32 Å². The van der Waals surface area contributed by atoms with Crippen molar-refractivity contribution in [3.8, 4) is 0 Å². The van der Waals surface area contributed by atoms with Crippen molar-refractivity contribution in [3.05, 3.63) is 65.7 Å². The van der Waals surface area contributed by atoms with E-state index in [4.69, 9.17) is 0 Å². The van der Waals surface area contributed by atoms with Crippen LogP contribution in [0.25, 0.3) is 0 Å².